The quantitative estimate of drug-likeness (QED) is 0.648. The molecule has 1 unspecified atom stereocenters. The van der Waals surface area contributed by atoms with Crippen LogP contribution in [0.4, 0.5) is 10.1 Å². The largest absolute Gasteiger partial charge is 0.370 e. The first kappa shape index (κ1) is 17.4. The van der Waals surface area contributed by atoms with Crippen LogP contribution in [0.1, 0.15) is 29.2 Å². The van der Waals surface area contributed by atoms with E-state index < -0.39 is 0 Å². The van der Waals surface area contributed by atoms with Gasteiger partial charge in [-0.1, -0.05) is 18.2 Å². The third kappa shape index (κ3) is 4.37. The lowest BCUT2D eigenvalue weighted by atomic mass is 10.1. The summed E-state index contributed by atoms with van der Waals surface area (Å²) >= 11 is 0. The Morgan fingerprint density at radius 1 is 1.20 bits per heavy atom. The van der Waals surface area contributed by atoms with Crippen LogP contribution in [0, 0.1) is 5.82 Å². The number of nitrogens with one attached hydrogen (secondary N) is 1. The molecule has 25 heavy (non-hydrogen) atoms. The monoisotopic (exact) mass is 340 g/mol. The Labute approximate surface area is 148 Å². The minimum absolute atomic E-state index is 0.0314. The Hall–Kier alpha value is -2.40. The summed E-state index contributed by atoms with van der Waals surface area (Å²) in [5.74, 6) is 0.138. The number of hydrogen-bond acceptors (Lipinski definition) is 2. The smallest absolute Gasteiger partial charge is 0.193 e. The molecular weight excluding hydrogens is 315 g/mol. The zero-order valence-electron chi connectivity index (χ0n) is 14.8. The van der Waals surface area contributed by atoms with Crippen molar-refractivity contribution in [2.24, 2.45) is 10.7 Å². The average molecular weight is 340 g/mol. The molecule has 4 nitrogen and oxygen atoms in total. The highest BCUT2D eigenvalue weighted by atomic mass is 19.1. The molecule has 3 N–H and O–H groups in total. The van der Waals surface area contributed by atoms with Crippen LogP contribution in [0.15, 0.2) is 47.5 Å². The predicted molar refractivity (Wildman–Crippen MR) is 101 cm³/mol. The van der Waals surface area contributed by atoms with Gasteiger partial charge in [0, 0.05) is 5.69 Å². The number of guanidine groups is 1. The third-order valence-corrected chi connectivity index (χ3v) is 4.66. The molecule has 0 heterocycles. The predicted octanol–water partition coefficient (Wildman–Crippen LogP) is 3.34. The summed E-state index contributed by atoms with van der Waals surface area (Å²) in [6.45, 7) is 0.459. The van der Waals surface area contributed by atoms with E-state index in [2.05, 4.69) is 22.4 Å². The Balaban J connectivity index is 1.68. The number of benzene rings is 2. The number of rotatable bonds is 5. The standard InChI is InChI=1S/C20H25FN4/c1-25(2)19(16-7-4-8-17(21)11-16)13-23-20(22)24-18-10-9-14-5-3-6-15(14)12-18/h4,7-12,19H,3,5-6,13H2,1-2H3,(H3,22,23,24). The molecule has 0 bridgehead atoms. The molecule has 2 aromatic carbocycles. The molecule has 0 amide bonds. The fourth-order valence-corrected chi connectivity index (χ4v) is 3.30. The van der Waals surface area contributed by atoms with Crippen molar-refractivity contribution in [3.05, 3.63) is 65.0 Å². The highest BCUT2D eigenvalue weighted by Gasteiger charge is 2.15. The van der Waals surface area contributed by atoms with Crippen molar-refractivity contribution in [3.8, 4) is 0 Å². The van der Waals surface area contributed by atoms with Crippen LogP contribution in [0.2, 0.25) is 0 Å². The van der Waals surface area contributed by atoms with E-state index in [4.69, 9.17) is 5.73 Å². The van der Waals surface area contributed by atoms with E-state index in [9.17, 15) is 4.39 Å². The van der Waals surface area contributed by atoms with Crippen LogP contribution >= 0.6 is 0 Å². The van der Waals surface area contributed by atoms with Crippen molar-refractivity contribution in [2.45, 2.75) is 25.3 Å². The Kier molecular flexibility index (Phi) is 5.34. The van der Waals surface area contributed by atoms with Gasteiger partial charge in [-0.25, -0.2) is 4.39 Å². The van der Waals surface area contributed by atoms with Crippen LogP contribution in [0.5, 0.6) is 0 Å². The Morgan fingerprint density at radius 3 is 2.76 bits per heavy atom. The van der Waals surface area contributed by atoms with Gasteiger partial charge in [-0.3, -0.25) is 4.99 Å². The first-order valence-corrected chi connectivity index (χ1v) is 8.63. The highest BCUT2D eigenvalue weighted by Crippen LogP contribution is 2.25. The van der Waals surface area contributed by atoms with E-state index in [1.165, 1.54) is 23.6 Å². The van der Waals surface area contributed by atoms with E-state index in [1.54, 1.807) is 12.1 Å². The van der Waals surface area contributed by atoms with Crippen molar-refractivity contribution < 1.29 is 4.39 Å². The van der Waals surface area contributed by atoms with Crippen LogP contribution in [0.25, 0.3) is 0 Å². The maximum absolute atomic E-state index is 13.5. The van der Waals surface area contributed by atoms with E-state index in [0.29, 0.717) is 12.5 Å². The minimum Gasteiger partial charge on any atom is -0.370 e. The van der Waals surface area contributed by atoms with Gasteiger partial charge in [0.2, 0.25) is 0 Å². The molecule has 1 aliphatic rings. The van der Waals surface area contributed by atoms with Crippen molar-refractivity contribution in [1.29, 1.82) is 0 Å². The van der Waals surface area contributed by atoms with Crippen LogP contribution in [0.3, 0.4) is 0 Å². The van der Waals surface area contributed by atoms with E-state index in [1.807, 2.05) is 31.1 Å². The number of fused-ring (bicyclic) bond motifs is 1. The molecule has 0 fully saturated rings. The number of aliphatic imine (C=N–C) groups is 1. The molecule has 2 aromatic rings. The molecule has 0 aromatic heterocycles. The normalized spacial score (nSPS) is 15.3. The number of nitrogens with two attached hydrogens (primary N) is 1. The third-order valence-electron chi connectivity index (χ3n) is 4.66. The Bertz CT molecular complexity index is 770. The lowest BCUT2D eigenvalue weighted by Crippen LogP contribution is -2.27. The summed E-state index contributed by atoms with van der Waals surface area (Å²) in [7, 11) is 3.91. The molecule has 0 radical (unpaired) electrons. The summed E-state index contributed by atoms with van der Waals surface area (Å²) in [5.41, 5.74) is 10.7. The zero-order valence-corrected chi connectivity index (χ0v) is 14.8. The summed E-state index contributed by atoms with van der Waals surface area (Å²) in [5, 5.41) is 3.16. The highest BCUT2D eigenvalue weighted by molar-refractivity contribution is 5.92. The van der Waals surface area contributed by atoms with E-state index in [0.717, 1.165) is 24.1 Å². The number of likely N-dealkylation sites (N-methyl/N-ethyl adjacent to an activating group) is 1. The van der Waals surface area contributed by atoms with Gasteiger partial charge in [-0.2, -0.15) is 0 Å². The van der Waals surface area contributed by atoms with Crippen LogP contribution in [-0.4, -0.2) is 31.5 Å². The van der Waals surface area contributed by atoms with Crippen molar-refractivity contribution in [1.82, 2.24) is 4.90 Å². The topological polar surface area (TPSA) is 53.6 Å². The van der Waals surface area contributed by atoms with Crippen molar-refractivity contribution >= 4 is 11.6 Å². The van der Waals surface area contributed by atoms with Gasteiger partial charge < -0.3 is 16.0 Å². The fraction of sp³-hybridized carbons (Fsp3) is 0.350. The van der Waals surface area contributed by atoms with Gasteiger partial charge in [0.15, 0.2) is 5.96 Å². The number of halogens is 1. The summed E-state index contributed by atoms with van der Waals surface area (Å²) in [4.78, 5) is 6.47. The first-order chi connectivity index (χ1) is 12.0. The summed E-state index contributed by atoms with van der Waals surface area (Å²) in [6.07, 6.45) is 3.52. The van der Waals surface area contributed by atoms with Crippen LogP contribution in [-0.2, 0) is 12.8 Å². The molecular formula is C20H25FN4. The molecule has 0 aliphatic heterocycles. The molecule has 0 spiro atoms. The maximum Gasteiger partial charge on any atom is 0.193 e. The van der Waals surface area contributed by atoms with E-state index in [-0.39, 0.29) is 11.9 Å². The second kappa shape index (κ2) is 7.66. The molecule has 1 aliphatic carbocycles. The van der Waals surface area contributed by atoms with Gasteiger partial charge in [0.1, 0.15) is 5.82 Å². The molecule has 3 rings (SSSR count). The number of anilines is 1. The molecule has 1 atom stereocenters. The van der Waals surface area contributed by atoms with Crippen molar-refractivity contribution in [3.63, 3.8) is 0 Å². The van der Waals surface area contributed by atoms with Crippen molar-refractivity contribution in [2.75, 3.05) is 26.0 Å². The van der Waals surface area contributed by atoms with Gasteiger partial charge in [0.05, 0.1) is 12.6 Å². The minimum atomic E-state index is -0.238. The SMILES string of the molecule is CN(C)C(CN=C(N)Nc1ccc2c(c1)CCC2)c1cccc(F)c1. The summed E-state index contributed by atoms with van der Waals surface area (Å²) < 4.78 is 13.5. The van der Waals surface area contributed by atoms with E-state index >= 15 is 0 Å². The van der Waals surface area contributed by atoms with Gasteiger partial charge >= 0.3 is 0 Å². The molecule has 132 valence electrons. The number of nitrogens with zero attached hydrogens (tertiary/aromatic N) is 2. The average Bonchev–Trinajstić information content (AvgIpc) is 3.02. The van der Waals surface area contributed by atoms with Gasteiger partial charge in [-0.15, -0.1) is 0 Å². The van der Waals surface area contributed by atoms with Gasteiger partial charge in [-0.05, 0) is 74.3 Å². The lowest BCUT2D eigenvalue weighted by molar-refractivity contribution is 0.306. The second-order valence-corrected chi connectivity index (χ2v) is 6.72. The fourth-order valence-electron chi connectivity index (χ4n) is 3.30. The molecule has 0 saturated carbocycles. The zero-order chi connectivity index (χ0) is 17.8. The first-order valence-electron chi connectivity index (χ1n) is 8.63. The number of hydrogen-bond donors (Lipinski definition) is 2. The van der Waals surface area contributed by atoms with Gasteiger partial charge in [0.25, 0.3) is 0 Å². The second-order valence-electron chi connectivity index (χ2n) is 6.72. The molecule has 5 heteroatoms. The molecule has 0 saturated heterocycles. The van der Waals surface area contributed by atoms with Crippen LogP contribution < -0.4 is 11.1 Å². The lowest BCUT2D eigenvalue weighted by Gasteiger charge is -2.23. The maximum atomic E-state index is 13.5. The number of aryl methyl sites for hydroxylation is 2. The Morgan fingerprint density at radius 2 is 2.00 bits per heavy atom. The summed E-state index contributed by atoms with van der Waals surface area (Å²) in [6, 6.07) is 12.9.